The molecule has 0 spiro atoms. The molecule has 1 aliphatic heterocycles. The fraction of sp³-hybridized carbons (Fsp3) is 0.429. The number of pyridine rings is 1. The number of halogens is 1. The van der Waals surface area contributed by atoms with Gasteiger partial charge in [0.2, 0.25) is 0 Å². The van der Waals surface area contributed by atoms with Crippen molar-refractivity contribution in [2.45, 2.75) is 6.92 Å². The summed E-state index contributed by atoms with van der Waals surface area (Å²) in [6.45, 7) is 5.42. The molecular weight excluding hydrogens is 262 g/mol. The number of carbonyl (C=O) groups excluding carboxylic acids is 1. The molecule has 0 radical (unpaired) electrons. The number of aromatic nitrogens is 1. The lowest BCUT2D eigenvalue weighted by atomic mass is 10.2. The minimum atomic E-state index is -0.0575. The van der Waals surface area contributed by atoms with Crippen molar-refractivity contribution in [2.24, 2.45) is 0 Å². The van der Waals surface area contributed by atoms with Crippen molar-refractivity contribution in [1.82, 2.24) is 14.8 Å². The average molecular weight is 278 g/mol. The number of nitrogens with zero attached hydrogens (tertiary/aromatic N) is 3. The van der Waals surface area contributed by atoms with Gasteiger partial charge in [-0.05, 0) is 13.0 Å². The Morgan fingerprint density at radius 2 is 2.16 bits per heavy atom. The smallest absolute Gasteiger partial charge is 0.257 e. The molecule has 1 fully saturated rings. The van der Waals surface area contributed by atoms with E-state index in [2.05, 4.69) is 15.8 Å². The maximum Gasteiger partial charge on any atom is 0.257 e. The lowest BCUT2D eigenvalue weighted by molar-refractivity contribution is 0.0652. The Kier molecular flexibility index (Phi) is 4.41. The molecule has 4 nitrogen and oxygen atoms in total. The van der Waals surface area contributed by atoms with Gasteiger partial charge in [-0.15, -0.1) is 6.42 Å². The van der Waals surface area contributed by atoms with Gasteiger partial charge in [-0.1, -0.05) is 17.5 Å². The lowest BCUT2D eigenvalue weighted by Crippen LogP contribution is -2.48. The van der Waals surface area contributed by atoms with E-state index in [0.717, 1.165) is 18.8 Å². The predicted octanol–water partition coefficient (Wildman–Crippen LogP) is 1.43. The van der Waals surface area contributed by atoms with E-state index >= 15 is 0 Å². The van der Waals surface area contributed by atoms with E-state index in [1.807, 2.05) is 6.92 Å². The van der Waals surface area contributed by atoms with Crippen molar-refractivity contribution >= 4 is 17.5 Å². The van der Waals surface area contributed by atoms with Crippen LogP contribution in [0.5, 0.6) is 0 Å². The van der Waals surface area contributed by atoms with Crippen LogP contribution in [0, 0.1) is 19.3 Å². The highest BCUT2D eigenvalue weighted by Crippen LogP contribution is 2.18. The number of aryl methyl sites for hydroxylation is 1. The van der Waals surface area contributed by atoms with E-state index < -0.39 is 0 Å². The molecule has 0 aliphatic carbocycles. The highest BCUT2D eigenvalue weighted by molar-refractivity contribution is 6.33. The SMILES string of the molecule is C#CCN1CCN(C(=O)c2cnc(C)cc2Cl)CC1. The van der Waals surface area contributed by atoms with Crippen LogP contribution in [0.3, 0.4) is 0 Å². The van der Waals surface area contributed by atoms with Gasteiger partial charge in [0.15, 0.2) is 0 Å². The zero-order valence-electron chi connectivity index (χ0n) is 10.9. The minimum Gasteiger partial charge on any atom is -0.336 e. The topological polar surface area (TPSA) is 36.4 Å². The summed E-state index contributed by atoms with van der Waals surface area (Å²) in [5.74, 6) is 2.56. The van der Waals surface area contributed by atoms with Crippen LogP contribution in [0.1, 0.15) is 16.1 Å². The molecular formula is C14H16ClN3O. The Bertz CT molecular complexity index is 516. The fourth-order valence-electron chi connectivity index (χ4n) is 2.09. The van der Waals surface area contributed by atoms with Gasteiger partial charge in [-0.2, -0.15) is 0 Å². The van der Waals surface area contributed by atoms with Crippen LogP contribution in [-0.2, 0) is 0 Å². The second-order valence-corrected chi connectivity index (χ2v) is 4.99. The number of carbonyl (C=O) groups is 1. The molecule has 0 saturated carbocycles. The van der Waals surface area contributed by atoms with E-state index in [0.29, 0.717) is 30.2 Å². The Balaban J connectivity index is 2.03. The van der Waals surface area contributed by atoms with Crippen LogP contribution < -0.4 is 0 Å². The third kappa shape index (κ3) is 3.25. The van der Waals surface area contributed by atoms with Crippen molar-refractivity contribution in [3.05, 3.63) is 28.5 Å². The summed E-state index contributed by atoms with van der Waals surface area (Å²) >= 11 is 6.10. The first-order valence-corrected chi connectivity index (χ1v) is 6.57. The fourth-order valence-corrected chi connectivity index (χ4v) is 2.38. The molecule has 0 aromatic carbocycles. The van der Waals surface area contributed by atoms with E-state index in [1.54, 1.807) is 17.2 Å². The first-order chi connectivity index (χ1) is 9.11. The molecule has 1 amide bonds. The van der Waals surface area contributed by atoms with E-state index in [1.165, 1.54) is 0 Å². The van der Waals surface area contributed by atoms with E-state index in [-0.39, 0.29) is 5.91 Å². The molecule has 1 saturated heterocycles. The molecule has 1 aliphatic rings. The van der Waals surface area contributed by atoms with Crippen LogP contribution in [0.4, 0.5) is 0 Å². The Labute approximate surface area is 118 Å². The second kappa shape index (κ2) is 6.05. The molecule has 0 N–H and O–H groups in total. The summed E-state index contributed by atoms with van der Waals surface area (Å²) in [6, 6.07) is 1.71. The number of hydrogen-bond donors (Lipinski definition) is 0. The van der Waals surface area contributed by atoms with Crippen LogP contribution in [0.2, 0.25) is 5.02 Å². The molecule has 0 bridgehead atoms. The van der Waals surface area contributed by atoms with Gasteiger partial charge in [0, 0.05) is 38.1 Å². The zero-order chi connectivity index (χ0) is 13.8. The van der Waals surface area contributed by atoms with Gasteiger partial charge >= 0.3 is 0 Å². The Hall–Kier alpha value is -1.57. The van der Waals surface area contributed by atoms with Crippen LogP contribution >= 0.6 is 11.6 Å². The van der Waals surface area contributed by atoms with E-state index in [4.69, 9.17) is 18.0 Å². The predicted molar refractivity (Wildman–Crippen MR) is 75.2 cm³/mol. The molecule has 5 heteroatoms. The lowest BCUT2D eigenvalue weighted by Gasteiger charge is -2.33. The van der Waals surface area contributed by atoms with Crippen LogP contribution in [0.15, 0.2) is 12.3 Å². The molecule has 100 valence electrons. The quantitative estimate of drug-likeness (QED) is 0.768. The molecule has 1 aromatic heterocycles. The number of amides is 1. The summed E-state index contributed by atoms with van der Waals surface area (Å²) in [4.78, 5) is 20.4. The first-order valence-electron chi connectivity index (χ1n) is 6.19. The van der Waals surface area contributed by atoms with Crippen LogP contribution in [-0.4, -0.2) is 53.4 Å². The molecule has 2 rings (SSSR count). The van der Waals surface area contributed by atoms with Crippen molar-refractivity contribution in [1.29, 1.82) is 0 Å². The Morgan fingerprint density at radius 1 is 1.47 bits per heavy atom. The molecule has 0 unspecified atom stereocenters. The summed E-state index contributed by atoms with van der Waals surface area (Å²) in [5, 5.41) is 0.462. The van der Waals surface area contributed by atoms with Gasteiger partial charge in [0.1, 0.15) is 0 Å². The van der Waals surface area contributed by atoms with E-state index in [9.17, 15) is 4.79 Å². The molecule has 1 aromatic rings. The second-order valence-electron chi connectivity index (χ2n) is 4.58. The molecule has 19 heavy (non-hydrogen) atoms. The Morgan fingerprint density at radius 3 is 2.74 bits per heavy atom. The monoisotopic (exact) mass is 277 g/mol. The molecule has 2 heterocycles. The average Bonchev–Trinajstić information content (AvgIpc) is 2.39. The third-order valence-corrected chi connectivity index (χ3v) is 3.51. The maximum atomic E-state index is 12.3. The summed E-state index contributed by atoms with van der Waals surface area (Å²) in [7, 11) is 0. The van der Waals surface area contributed by atoms with Crippen molar-refractivity contribution in [3.8, 4) is 12.3 Å². The number of rotatable bonds is 2. The number of hydrogen-bond acceptors (Lipinski definition) is 3. The zero-order valence-corrected chi connectivity index (χ0v) is 11.7. The van der Waals surface area contributed by atoms with Crippen LogP contribution in [0.25, 0.3) is 0 Å². The summed E-state index contributed by atoms with van der Waals surface area (Å²) in [6.07, 6.45) is 6.83. The highest BCUT2D eigenvalue weighted by atomic mass is 35.5. The normalized spacial score (nSPS) is 16.2. The highest BCUT2D eigenvalue weighted by Gasteiger charge is 2.23. The standard InChI is InChI=1S/C14H16ClN3O/c1-3-4-17-5-7-18(8-6-17)14(19)12-10-16-11(2)9-13(12)15/h1,9-10H,4-8H2,2H3. The number of terminal acetylenes is 1. The molecule has 0 atom stereocenters. The largest absolute Gasteiger partial charge is 0.336 e. The first kappa shape index (κ1) is 13.9. The van der Waals surface area contributed by atoms with Crippen molar-refractivity contribution < 1.29 is 4.79 Å². The maximum absolute atomic E-state index is 12.3. The van der Waals surface area contributed by atoms with Gasteiger partial charge in [0.05, 0.1) is 17.1 Å². The van der Waals surface area contributed by atoms with Crippen molar-refractivity contribution in [2.75, 3.05) is 32.7 Å². The van der Waals surface area contributed by atoms with Gasteiger partial charge in [0.25, 0.3) is 5.91 Å². The van der Waals surface area contributed by atoms with Gasteiger partial charge < -0.3 is 4.90 Å². The number of piperazine rings is 1. The van der Waals surface area contributed by atoms with Crippen molar-refractivity contribution in [3.63, 3.8) is 0 Å². The van der Waals surface area contributed by atoms with Gasteiger partial charge in [-0.3, -0.25) is 14.7 Å². The summed E-state index contributed by atoms with van der Waals surface area (Å²) < 4.78 is 0. The minimum absolute atomic E-state index is 0.0575. The third-order valence-electron chi connectivity index (χ3n) is 3.20. The van der Waals surface area contributed by atoms with Gasteiger partial charge in [-0.25, -0.2) is 0 Å². The summed E-state index contributed by atoms with van der Waals surface area (Å²) in [5.41, 5.74) is 1.28.